The molecule has 0 heterocycles. The zero-order valence-corrected chi connectivity index (χ0v) is 13.1. The third-order valence-electron chi connectivity index (χ3n) is 4.75. The number of hydrogen-bond acceptors (Lipinski definition) is 3. The van der Waals surface area contributed by atoms with Crippen molar-refractivity contribution in [3.63, 3.8) is 0 Å². The molecule has 1 aliphatic rings. The van der Waals surface area contributed by atoms with Gasteiger partial charge in [0, 0.05) is 12.8 Å². The molecule has 0 aromatic rings. The second kappa shape index (κ2) is 5.66. The lowest BCUT2D eigenvalue weighted by Gasteiger charge is -2.50. The highest BCUT2D eigenvalue weighted by atomic mass is 16.5. The van der Waals surface area contributed by atoms with Gasteiger partial charge in [-0.1, -0.05) is 26.8 Å². The van der Waals surface area contributed by atoms with Crippen LogP contribution in [0.2, 0.25) is 0 Å². The number of ether oxygens (including phenoxy) is 1. The lowest BCUT2D eigenvalue weighted by atomic mass is 9.57. The van der Waals surface area contributed by atoms with Crippen LogP contribution < -0.4 is 0 Å². The standard InChI is InChI=1S/C16H28O3/c1-11-9-10-16(6,18)14(15(11,4)5)8-7-12(2)19-13(3)17/h7-8,11-12,14,18H,9-10H2,1-6H3/b8-7+/t11-,12-,14-,16-/m0/s1. The Hall–Kier alpha value is -0.830. The number of esters is 1. The highest BCUT2D eigenvalue weighted by molar-refractivity contribution is 5.66. The summed E-state index contributed by atoms with van der Waals surface area (Å²) in [7, 11) is 0. The zero-order chi connectivity index (χ0) is 14.8. The number of rotatable bonds is 3. The van der Waals surface area contributed by atoms with Gasteiger partial charge in [-0.25, -0.2) is 0 Å². The lowest BCUT2D eigenvalue weighted by Crippen LogP contribution is -2.49. The highest BCUT2D eigenvalue weighted by Crippen LogP contribution is 2.50. The molecular formula is C16H28O3. The maximum absolute atomic E-state index is 10.9. The normalized spacial score (nSPS) is 36.2. The molecule has 19 heavy (non-hydrogen) atoms. The molecule has 0 amide bonds. The van der Waals surface area contributed by atoms with Crippen molar-refractivity contribution in [2.45, 2.75) is 66.1 Å². The molecule has 4 atom stereocenters. The summed E-state index contributed by atoms with van der Waals surface area (Å²) in [6.07, 6.45) is 5.53. The molecule has 0 spiro atoms. The van der Waals surface area contributed by atoms with Gasteiger partial charge in [0.15, 0.2) is 0 Å². The van der Waals surface area contributed by atoms with Crippen molar-refractivity contribution in [1.29, 1.82) is 0 Å². The van der Waals surface area contributed by atoms with E-state index in [0.29, 0.717) is 5.92 Å². The van der Waals surface area contributed by atoms with Gasteiger partial charge in [-0.15, -0.1) is 0 Å². The zero-order valence-electron chi connectivity index (χ0n) is 13.1. The van der Waals surface area contributed by atoms with Crippen LogP contribution in [0.5, 0.6) is 0 Å². The Morgan fingerprint density at radius 2 is 2.00 bits per heavy atom. The highest BCUT2D eigenvalue weighted by Gasteiger charge is 2.47. The fourth-order valence-corrected chi connectivity index (χ4v) is 3.17. The Kier molecular flexibility index (Phi) is 4.83. The third kappa shape index (κ3) is 3.82. The molecule has 0 unspecified atom stereocenters. The average molecular weight is 268 g/mol. The second-order valence-electron chi connectivity index (χ2n) is 6.80. The summed E-state index contributed by atoms with van der Waals surface area (Å²) in [5, 5.41) is 10.6. The molecular weight excluding hydrogens is 240 g/mol. The van der Waals surface area contributed by atoms with Gasteiger partial charge in [0.25, 0.3) is 0 Å². The summed E-state index contributed by atoms with van der Waals surface area (Å²) in [4.78, 5) is 10.9. The molecule has 1 aliphatic carbocycles. The predicted octanol–water partition coefficient (Wildman–Crippen LogP) is 3.32. The summed E-state index contributed by atoms with van der Waals surface area (Å²) >= 11 is 0. The van der Waals surface area contributed by atoms with E-state index in [9.17, 15) is 9.90 Å². The average Bonchev–Trinajstić information content (AvgIpc) is 2.22. The molecule has 0 aromatic heterocycles. The number of aliphatic hydroxyl groups is 1. The molecule has 0 aromatic carbocycles. The first-order chi connectivity index (χ1) is 8.57. The molecule has 1 fully saturated rings. The Bertz CT molecular complexity index is 355. The second-order valence-corrected chi connectivity index (χ2v) is 6.80. The van der Waals surface area contributed by atoms with Crippen LogP contribution in [-0.2, 0) is 9.53 Å². The fraction of sp³-hybridized carbons (Fsp3) is 0.812. The molecule has 1 N–H and O–H groups in total. The van der Waals surface area contributed by atoms with Crippen molar-refractivity contribution in [3.8, 4) is 0 Å². The maximum atomic E-state index is 10.9. The summed E-state index contributed by atoms with van der Waals surface area (Å²) in [6.45, 7) is 11.8. The summed E-state index contributed by atoms with van der Waals surface area (Å²) in [5.41, 5.74) is -0.656. The molecule has 0 bridgehead atoms. The van der Waals surface area contributed by atoms with E-state index in [1.807, 2.05) is 26.0 Å². The first kappa shape index (κ1) is 16.2. The predicted molar refractivity (Wildman–Crippen MR) is 76.7 cm³/mol. The van der Waals surface area contributed by atoms with Crippen molar-refractivity contribution in [2.75, 3.05) is 0 Å². The first-order valence-electron chi connectivity index (χ1n) is 7.15. The van der Waals surface area contributed by atoms with E-state index in [1.54, 1.807) is 0 Å². The van der Waals surface area contributed by atoms with Crippen LogP contribution in [0, 0.1) is 17.3 Å². The molecule has 3 nitrogen and oxygen atoms in total. The van der Waals surface area contributed by atoms with E-state index in [-0.39, 0.29) is 23.4 Å². The van der Waals surface area contributed by atoms with E-state index in [2.05, 4.69) is 20.8 Å². The molecule has 1 saturated carbocycles. The summed E-state index contributed by atoms with van der Waals surface area (Å²) in [6, 6.07) is 0. The molecule has 0 saturated heterocycles. The summed E-state index contributed by atoms with van der Waals surface area (Å²) in [5.74, 6) is 0.355. The number of carbonyl (C=O) groups excluding carboxylic acids is 1. The van der Waals surface area contributed by atoms with Crippen molar-refractivity contribution in [1.82, 2.24) is 0 Å². The van der Waals surface area contributed by atoms with Gasteiger partial charge in [-0.3, -0.25) is 4.79 Å². The number of carbonyl (C=O) groups is 1. The van der Waals surface area contributed by atoms with Crippen molar-refractivity contribution >= 4 is 5.97 Å². The molecule has 1 rings (SSSR count). The topological polar surface area (TPSA) is 46.5 Å². The van der Waals surface area contributed by atoms with Gasteiger partial charge in [0.2, 0.25) is 0 Å². The molecule has 0 radical (unpaired) electrons. The first-order valence-corrected chi connectivity index (χ1v) is 7.15. The van der Waals surface area contributed by atoms with Crippen LogP contribution in [0.4, 0.5) is 0 Å². The smallest absolute Gasteiger partial charge is 0.303 e. The van der Waals surface area contributed by atoms with Crippen molar-refractivity contribution in [3.05, 3.63) is 12.2 Å². The van der Waals surface area contributed by atoms with Gasteiger partial charge in [-0.05, 0) is 44.1 Å². The van der Waals surface area contributed by atoms with Crippen LogP contribution in [0.3, 0.4) is 0 Å². The number of hydrogen-bond donors (Lipinski definition) is 1. The Balaban J connectivity index is 2.87. The van der Waals surface area contributed by atoms with Crippen LogP contribution in [0.25, 0.3) is 0 Å². The Labute approximate surface area is 117 Å². The Morgan fingerprint density at radius 3 is 2.53 bits per heavy atom. The van der Waals surface area contributed by atoms with Crippen LogP contribution in [-0.4, -0.2) is 22.8 Å². The van der Waals surface area contributed by atoms with E-state index in [4.69, 9.17) is 4.74 Å². The van der Waals surface area contributed by atoms with Gasteiger partial charge in [0.1, 0.15) is 6.10 Å². The molecule has 0 aliphatic heterocycles. The SMILES string of the molecule is CC(=O)O[C@@H](C)/C=C/[C@H]1C(C)(C)[C@@H](C)CC[C@]1(C)O. The largest absolute Gasteiger partial charge is 0.459 e. The maximum Gasteiger partial charge on any atom is 0.303 e. The fourth-order valence-electron chi connectivity index (χ4n) is 3.17. The van der Waals surface area contributed by atoms with Crippen molar-refractivity contribution in [2.24, 2.45) is 17.3 Å². The molecule has 3 heteroatoms. The monoisotopic (exact) mass is 268 g/mol. The van der Waals surface area contributed by atoms with E-state index < -0.39 is 5.60 Å². The molecule has 110 valence electrons. The van der Waals surface area contributed by atoms with Crippen molar-refractivity contribution < 1.29 is 14.6 Å². The van der Waals surface area contributed by atoms with Crippen LogP contribution in [0.15, 0.2) is 12.2 Å². The van der Waals surface area contributed by atoms with Gasteiger partial charge < -0.3 is 9.84 Å². The van der Waals surface area contributed by atoms with Gasteiger partial charge in [-0.2, -0.15) is 0 Å². The van der Waals surface area contributed by atoms with E-state index in [0.717, 1.165) is 12.8 Å². The Morgan fingerprint density at radius 1 is 1.42 bits per heavy atom. The van der Waals surface area contributed by atoms with Gasteiger partial charge >= 0.3 is 5.97 Å². The quantitative estimate of drug-likeness (QED) is 0.631. The van der Waals surface area contributed by atoms with Gasteiger partial charge in [0.05, 0.1) is 5.60 Å². The minimum atomic E-state index is -0.692. The lowest BCUT2D eigenvalue weighted by molar-refractivity contribution is -0.143. The van der Waals surface area contributed by atoms with Crippen LogP contribution >= 0.6 is 0 Å². The van der Waals surface area contributed by atoms with E-state index in [1.165, 1.54) is 6.92 Å². The minimum absolute atomic E-state index is 0.0359. The van der Waals surface area contributed by atoms with E-state index >= 15 is 0 Å². The van der Waals surface area contributed by atoms with Crippen LogP contribution in [0.1, 0.15) is 54.4 Å². The minimum Gasteiger partial charge on any atom is -0.459 e. The summed E-state index contributed by atoms with van der Waals surface area (Å²) < 4.78 is 5.10. The third-order valence-corrected chi connectivity index (χ3v) is 4.75.